The highest BCUT2D eigenvalue weighted by Crippen LogP contribution is 2.30. The predicted molar refractivity (Wildman–Crippen MR) is 64.1 cm³/mol. The average Bonchev–Trinajstić information content (AvgIpc) is 2.37. The number of ether oxygens (including phenoxy) is 1. The molecule has 5 heteroatoms. The van der Waals surface area contributed by atoms with Crippen LogP contribution in [0.5, 0.6) is 0 Å². The van der Waals surface area contributed by atoms with Gasteiger partial charge in [0.15, 0.2) is 0 Å². The minimum atomic E-state index is -0.941. The third-order valence-corrected chi connectivity index (χ3v) is 3.15. The van der Waals surface area contributed by atoms with Gasteiger partial charge in [0, 0.05) is 6.54 Å². The molecule has 1 aromatic rings. The van der Waals surface area contributed by atoms with Gasteiger partial charge < -0.3 is 9.84 Å². The van der Waals surface area contributed by atoms with Gasteiger partial charge in [-0.3, -0.25) is 9.69 Å². The highest BCUT2D eigenvalue weighted by molar-refractivity contribution is 5.79. The van der Waals surface area contributed by atoms with Gasteiger partial charge in [0.2, 0.25) is 0 Å². The van der Waals surface area contributed by atoms with Gasteiger partial charge in [-0.05, 0) is 17.5 Å². The largest absolute Gasteiger partial charge is 0.480 e. The molecule has 0 saturated carbocycles. The molecule has 0 radical (unpaired) electrons. The van der Waals surface area contributed by atoms with E-state index in [1.54, 1.807) is 4.90 Å². The number of carboxylic acids is 1. The average molecular weight is 249 g/mol. The van der Waals surface area contributed by atoms with Gasteiger partial charge >= 0.3 is 11.9 Å². The van der Waals surface area contributed by atoms with E-state index < -0.39 is 18.0 Å². The summed E-state index contributed by atoms with van der Waals surface area (Å²) in [5, 5.41) is 8.89. The summed E-state index contributed by atoms with van der Waals surface area (Å²) in [5.74, 6) is -1.35. The fourth-order valence-electron chi connectivity index (χ4n) is 2.35. The van der Waals surface area contributed by atoms with E-state index in [1.807, 2.05) is 24.3 Å². The maximum Gasteiger partial charge on any atom is 0.327 e. The van der Waals surface area contributed by atoms with Gasteiger partial charge in [-0.2, -0.15) is 0 Å². The van der Waals surface area contributed by atoms with E-state index in [9.17, 15) is 9.59 Å². The van der Waals surface area contributed by atoms with Crippen molar-refractivity contribution >= 4 is 11.9 Å². The van der Waals surface area contributed by atoms with Crippen molar-refractivity contribution in [3.05, 3.63) is 35.4 Å². The normalized spacial score (nSPS) is 19.1. The SMILES string of the molecule is COC(=O)[C@H]1c2ccccc2CCN1CC(=O)O. The molecule has 0 bridgehead atoms. The van der Waals surface area contributed by atoms with Crippen LogP contribution in [0, 0.1) is 0 Å². The fourth-order valence-corrected chi connectivity index (χ4v) is 2.35. The first-order chi connectivity index (χ1) is 8.63. The lowest BCUT2D eigenvalue weighted by atomic mass is 9.92. The standard InChI is InChI=1S/C13H15NO4/c1-18-13(17)12-10-5-3-2-4-9(10)6-7-14(12)8-11(15)16/h2-5,12H,6-8H2,1H3,(H,15,16)/t12-/m1/s1. The quantitative estimate of drug-likeness (QED) is 0.804. The molecule has 0 fully saturated rings. The summed E-state index contributed by atoms with van der Waals surface area (Å²) in [6.45, 7) is 0.386. The smallest absolute Gasteiger partial charge is 0.327 e. The van der Waals surface area contributed by atoms with Crippen molar-refractivity contribution in [1.82, 2.24) is 4.90 Å². The molecular formula is C13H15NO4. The van der Waals surface area contributed by atoms with Crippen LogP contribution in [-0.4, -0.2) is 42.1 Å². The molecule has 0 unspecified atom stereocenters. The number of benzene rings is 1. The first-order valence-corrected chi connectivity index (χ1v) is 5.75. The molecule has 1 atom stereocenters. The van der Waals surface area contributed by atoms with E-state index in [-0.39, 0.29) is 6.54 Å². The zero-order chi connectivity index (χ0) is 13.1. The summed E-state index contributed by atoms with van der Waals surface area (Å²) < 4.78 is 4.78. The van der Waals surface area contributed by atoms with Crippen molar-refractivity contribution in [2.75, 3.05) is 20.2 Å². The summed E-state index contributed by atoms with van der Waals surface area (Å²) in [6, 6.07) is 6.96. The number of carbonyl (C=O) groups is 2. The number of carbonyl (C=O) groups excluding carboxylic acids is 1. The van der Waals surface area contributed by atoms with E-state index >= 15 is 0 Å². The van der Waals surface area contributed by atoms with Gasteiger partial charge in [-0.15, -0.1) is 0 Å². The van der Waals surface area contributed by atoms with E-state index in [0.29, 0.717) is 6.54 Å². The first-order valence-electron chi connectivity index (χ1n) is 5.75. The number of hydrogen-bond donors (Lipinski definition) is 1. The minimum Gasteiger partial charge on any atom is -0.480 e. The van der Waals surface area contributed by atoms with Crippen molar-refractivity contribution in [3.63, 3.8) is 0 Å². The van der Waals surface area contributed by atoms with Crippen molar-refractivity contribution in [1.29, 1.82) is 0 Å². The molecule has 96 valence electrons. The van der Waals surface area contributed by atoms with Gasteiger partial charge in [0.25, 0.3) is 0 Å². The number of carboxylic acid groups (broad SMARTS) is 1. The fraction of sp³-hybridized carbons (Fsp3) is 0.385. The van der Waals surface area contributed by atoms with Gasteiger partial charge in [0.05, 0.1) is 13.7 Å². The van der Waals surface area contributed by atoms with Crippen molar-refractivity contribution in [3.8, 4) is 0 Å². The molecule has 1 N–H and O–H groups in total. The molecule has 18 heavy (non-hydrogen) atoms. The third kappa shape index (κ3) is 2.36. The molecule has 0 amide bonds. The monoisotopic (exact) mass is 249 g/mol. The Balaban J connectivity index is 2.36. The number of methoxy groups -OCH3 is 1. The summed E-state index contributed by atoms with van der Waals surface area (Å²) in [7, 11) is 1.32. The van der Waals surface area contributed by atoms with Crippen LogP contribution in [0.4, 0.5) is 0 Å². The molecule has 0 aliphatic carbocycles. The van der Waals surface area contributed by atoms with Crippen molar-refractivity contribution in [2.24, 2.45) is 0 Å². The van der Waals surface area contributed by atoms with Crippen LogP contribution in [0.25, 0.3) is 0 Å². The molecule has 1 aliphatic rings. The molecule has 1 aliphatic heterocycles. The summed E-state index contributed by atoms with van der Waals surface area (Å²) in [6.07, 6.45) is 0.747. The summed E-state index contributed by atoms with van der Waals surface area (Å²) in [5.41, 5.74) is 1.92. The number of fused-ring (bicyclic) bond motifs is 1. The molecule has 0 saturated heterocycles. The van der Waals surface area contributed by atoms with Gasteiger partial charge in [-0.1, -0.05) is 24.3 Å². The van der Waals surface area contributed by atoms with Gasteiger partial charge in [0.1, 0.15) is 6.04 Å². The molecule has 2 rings (SSSR count). The first kappa shape index (κ1) is 12.6. The maximum absolute atomic E-state index is 11.9. The second-order valence-electron chi connectivity index (χ2n) is 4.24. The lowest BCUT2D eigenvalue weighted by Gasteiger charge is -2.34. The van der Waals surface area contributed by atoms with E-state index in [0.717, 1.165) is 17.5 Å². The van der Waals surface area contributed by atoms with Gasteiger partial charge in [-0.25, -0.2) is 4.79 Å². The van der Waals surface area contributed by atoms with Crippen LogP contribution in [0.3, 0.4) is 0 Å². The molecular weight excluding hydrogens is 234 g/mol. The second kappa shape index (κ2) is 5.18. The Morgan fingerprint density at radius 3 is 2.83 bits per heavy atom. The Hall–Kier alpha value is -1.88. The van der Waals surface area contributed by atoms with Crippen LogP contribution in [0.2, 0.25) is 0 Å². The second-order valence-corrected chi connectivity index (χ2v) is 4.24. The molecule has 1 heterocycles. The van der Waals surface area contributed by atoms with Crippen LogP contribution in [0.1, 0.15) is 17.2 Å². The van der Waals surface area contributed by atoms with Crippen molar-refractivity contribution < 1.29 is 19.4 Å². The van der Waals surface area contributed by atoms with E-state index in [2.05, 4.69) is 0 Å². The summed E-state index contributed by atoms with van der Waals surface area (Å²) >= 11 is 0. The predicted octanol–water partition coefficient (Wildman–Crippen LogP) is 0.843. The lowest BCUT2D eigenvalue weighted by Crippen LogP contribution is -2.42. The number of aliphatic carboxylic acids is 1. The third-order valence-electron chi connectivity index (χ3n) is 3.15. The topological polar surface area (TPSA) is 66.8 Å². The molecule has 0 spiro atoms. The Morgan fingerprint density at radius 1 is 1.44 bits per heavy atom. The Morgan fingerprint density at radius 2 is 2.17 bits per heavy atom. The number of esters is 1. The zero-order valence-electron chi connectivity index (χ0n) is 10.1. The highest BCUT2D eigenvalue weighted by Gasteiger charge is 2.34. The zero-order valence-corrected chi connectivity index (χ0v) is 10.1. The summed E-state index contributed by atoms with van der Waals surface area (Å²) in [4.78, 5) is 24.3. The van der Waals surface area contributed by atoms with Crippen LogP contribution < -0.4 is 0 Å². The van der Waals surface area contributed by atoms with E-state index in [4.69, 9.17) is 9.84 Å². The van der Waals surface area contributed by atoms with Crippen LogP contribution in [0.15, 0.2) is 24.3 Å². The number of nitrogens with zero attached hydrogens (tertiary/aromatic N) is 1. The Bertz CT molecular complexity index is 472. The van der Waals surface area contributed by atoms with Crippen molar-refractivity contribution in [2.45, 2.75) is 12.5 Å². The minimum absolute atomic E-state index is 0.159. The molecule has 1 aromatic carbocycles. The molecule has 0 aromatic heterocycles. The van der Waals surface area contributed by atoms with Crippen LogP contribution in [-0.2, 0) is 20.7 Å². The number of hydrogen-bond acceptors (Lipinski definition) is 4. The Kier molecular flexibility index (Phi) is 3.62. The van der Waals surface area contributed by atoms with E-state index in [1.165, 1.54) is 7.11 Å². The Labute approximate surface area is 105 Å². The maximum atomic E-state index is 11.9. The molecule has 5 nitrogen and oxygen atoms in total. The number of rotatable bonds is 3. The highest BCUT2D eigenvalue weighted by atomic mass is 16.5. The lowest BCUT2D eigenvalue weighted by molar-refractivity contribution is -0.150. The van der Waals surface area contributed by atoms with Crippen LogP contribution >= 0.6 is 0 Å².